The summed E-state index contributed by atoms with van der Waals surface area (Å²) in [5.41, 5.74) is 0.587. The van der Waals surface area contributed by atoms with Crippen molar-refractivity contribution in [3.05, 3.63) is 24.3 Å². The maximum atomic E-state index is 12.6. The highest BCUT2D eigenvalue weighted by molar-refractivity contribution is 5.98. The van der Waals surface area contributed by atoms with Crippen LogP contribution in [0.25, 0.3) is 0 Å². The van der Waals surface area contributed by atoms with Gasteiger partial charge in [-0.15, -0.1) is 0 Å². The molecule has 1 saturated heterocycles. The average Bonchev–Trinajstić information content (AvgIpc) is 2.59. The Hall–Kier alpha value is -2.57. The van der Waals surface area contributed by atoms with E-state index in [-0.39, 0.29) is 24.5 Å². The Labute approximate surface area is 148 Å². The van der Waals surface area contributed by atoms with Gasteiger partial charge in [-0.05, 0) is 26.0 Å². The predicted octanol–water partition coefficient (Wildman–Crippen LogP) is 1.13. The maximum Gasteiger partial charge on any atom is 0.242 e. The molecule has 3 amide bonds. The smallest absolute Gasteiger partial charge is 0.242 e. The third-order valence-electron chi connectivity index (χ3n) is 4.01. The number of hydrogen-bond donors (Lipinski definition) is 0. The number of amides is 3. The van der Waals surface area contributed by atoms with E-state index in [1.807, 2.05) is 26.0 Å². The van der Waals surface area contributed by atoms with Crippen molar-refractivity contribution < 1.29 is 19.1 Å². The highest BCUT2D eigenvalue weighted by Crippen LogP contribution is 2.29. The standard InChI is InChI=1S/C18H25N3O4/c1-14(2)25-17-7-5-4-6-16(17)21(15(3)23)12-18(24)20-10-8-19(13-22)9-11-20/h4-7,13-14H,8-12H2,1-3H3. The van der Waals surface area contributed by atoms with Gasteiger partial charge in [-0.25, -0.2) is 0 Å². The average molecular weight is 347 g/mol. The molecule has 1 fully saturated rings. The van der Waals surface area contributed by atoms with E-state index < -0.39 is 0 Å². The van der Waals surface area contributed by atoms with Crippen molar-refractivity contribution in [2.45, 2.75) is 26.9 Å². The van der Waals surface area contributed by atoms with Crippen molar-refractivity contribution in [2.75, 3.05) is 37.6 Å². The molecule has 7 heteroatoms. The summed E-state index contributed by atoms with van der Waals surface area (Å²) in [4.78, 5) is 40.3. The fraction of sp³-hybridized carbons (Fsp3) is 0.500. The van der Waals surface area contributed by atoms with E-state index in [0.717, 1.165) is 6.41 Å². The largest absolute Gasteiger partial charge is 0.489 e. The van der Waals surface area contributed by atoms with Crippen molar-refractivity contribution in [3.8, 4) is 5.75 Å². The van der Waals surface area contributed by atoms with Crippen LogP contribution in [0.4, 0.5) is 5.69 Å². The minimum Gasteiger partial charge on any atom is -0.489 e. The molecule has 0 aliphatic carbocycles. The SMILES string of the molecule is CC(=O)N(CC(=O)N1CCN(C=O)CC1)c1ccccc1OC(C)C. The van der Waals surface area contributed by atoms with Gasteiger partial charge in [0.1, 0.15) is 12.3 Å². The first kappa shape index (κ1) is 18.8. The van der Waals surface area contributed by atoms with Gasteiger partial charge in [0, 0.05) is 33.1 Å². The Bertz CT molecular complexity index is 625. The third-order valence-corrected chi connectivity index (χ3v) is 4.01. The molecular formula is C18H25N3O4. The van der Waals surface area contributed by atoms with Gasteiger partial charge in [-0.2, -0.15) is 0 Å². The molecule has 7 nitrogen and oxygen atoms in total. The van der Waals surface area contributed by atoms with Crippen LogP contribution in [0.2, 0.25) is 0 Å². The second-order valence-corrected chi connectivity index (χ2v) is 6.26. The Morgan fingerprint density at radius 1 is 1.20 bits per heavy atom. The Kier molecular flexibility index (Phi) is 6.38. The summed E-state index contributed by atoms with van der Waals surface area (Å²) in [6.45, 7) is 7.20. The van der Waals surface area contributed by atoms with E-state index in [1.165, 1.54) is 11.8 Å². The zero-order valence-corrected chi connectivity index (χ0v) is 15.0. The van der Waals surface area contributed by atoms with Crippen LogP contribution in [0, 0.1) is 0 Å². The molecule has 1 aliphatic rings. The number of carbonyl (C=O) groups is 3. The summed E-state index contributed by atoms with van der Waals surface area (Å²) in [6, 6.07) is 7.21. The van der Waals surface area contributed by atoms with Crippen LogP contribution >= 0.6 is 0 Å². The second kappa shape index (κ2) is 8.50. The monoisotopic (exact) mass is 347 g/mol. The lowest BCUT2D eigenvalue weighted by atomic mass is 10.2. The number of rotatable bonds is 6. The summed E-state index contributed by atoms with van der Waals surface area (Å²) in [5.74, 6) is 0.214. The van der Waals surface area contributed by atoms with Crippen molar-refractivity contribution in [1.29, 1.82) is 0 Å². The van der Waals surface area contributed by atoms with Gasteiger partial charge in [-0.3, -0.25) is 19.3 Å². The van der Waals surface area contributed by atoms with E-state index in [1.54, 1.807) is 21.9 Å². The van der Waals surface area contributed by atoms with E-state index in [0.29, 0.717) is 37.6 Å². The highest BCUT2D eigenvalue weighted by Gasteiger charge is 2.25. The molecule has 1 aromatic carbocycles. The quantitative estimate of drug-likeness (QED) is 0.723. The Morgan fingerprint density at radius 2 is 1.84 bits per heavy atom. The molecule has 1 aromatic rings. The van der Waals surface area contributed by atoms with Crippen molar-refractivity contribution in [3.63, 3.8) is 0 Å². The molecule has 0 atom stereocenters. The molecule has 1 heterocycles. The molecule has 0 radical (unpaired) electrons. The number of piperazine rings is 1. The van der Waals surface area contributed by atoms with Gasteiger partial charge < -0.3 is 14.5 Å². The highest BCUT2D eigenvalue weighted by atomic mass is 16.5. The second-order valence-electron chi connectivity index (χ2n) is 6.26. The summed E-state index contributed by atoms with van der Waals surface area (Å²) < 4.78 is 5.77. The van der Waals surface area contributed by atoms with Gasteiger partial charge in [0.05, 0.1) is 11.8 Å². The lowest BCUT2D eigenvalue weighted by molar-refractivity contribution is -0.134. The van der Waals surface area contributed by atoms with Crippen LogP contribution < -0.4 is 9.64 Å². The van der Waals surface area contributed by atoms with Crippen LogP contribution in [0.5, 0.6) is 5.75 Å². The maximum absolute atomic E-state index is 12.6. The van der Waals surface area contributed by atoms with Crippen molar-refractivity contribution in [2.24, 2.45) is 0 Å². The first-order valence-corrected chi connectivity index (χ1v) is 8.43. The fourth-order valence-corrected chi connectivity index (χ4v) is 2.71. The summed E-state index contributed by atoms with van der Waals surface area (Å²) >= 11 is 0. The number of anilines is 1. The summed E-state index contributed by atoms with van der Waals surface area (Å²) in [7, 11) is 0. The number of hydrogen-bond acceptors (Lipinski definition) is 4. The van der Waals surface area contributed by atoms with E-state index in [9.17, 15) is 14.4 Å². The first-order valence-electron chi connectivity index (χ1n) is 8.43. The number of carbonyl (C=O) groups excluding carboxylic acids is 3. The molecule has 1 aliphatic heterocycles. The minimum atomic E-state index is -0.223. The van der Waals surface area contributed by atoms with Crippen molar-refractivity contribution in [1.82, 2.24) is 9.80 Å². The number of benzene rings is 1. The summed E-state index contributed by atoms with van der Waals surface area (Å²) in [5, 5.41) is 0. The van der Waals surface area contributed by atoms with Crippen LogP contribution in [0.1, 0.15) is 20.8 Å². The number of para-hydroxylation sites is 2. The zero-order valence-electron chi connectivity index (χ0n) is 15.0. The molecule has 0 unspecified atom stereocenters. The molecule has 0 bridgehead atoms. The van der Waals surface area contributed by atoms with Crippen LogP contribution in [-0.4, -0.2) is 66.9 Å². The topological polar surface area (TPSA) is 70.2 Å². The summed E-state index contributed by atoms with van der Waals surface area (Å²) in [6.07, 6.45) is 0.755. The predicted molar refractivity (Wildman–Crippen MR) is 94.5 cm³/mol. The molecule has 0 saturated carbocycles. The van der Waals surface area contributed by atoms with Crippen LogP contribution in [0.3, 0.4) is 0 Å². The fourth-order valence-electron chi connectivity index (χ4n) is 2.71. The Morgan fingerprint density at radius 3 is 2.40 bits per heavy atom. The van der Waals surface area contributed by atoms with E-state index in [2.05, 4.69) is 0 Å². The number of ether oxygens (including phenoxy) is 1. The normalized spacial score (nSPS) is 14.4. The van der Waals surface area contributed by atoms with Crippen molar-refractivity contribution >= 4 is 23.9 Å². The van der Waals surface area contributed by atoms with Gasteiger partial charge in [-0.1, -0.05) is 12.1 Å². The molecule has 0 N–H and O–H groups in total. The van der Waals surface area contributed by atoms with Gasteiger partial charge >= 0.3 is 0 Å². The number of nitrogens with zero attached hydrogens (tertiary/aromatic N) is 3. The first-order chi connectivity index (χ1) is 11.9. The molecule has 25 heavy (non-hydrogen) atoms. The minimum absolute atomic E-state index is 0.0397. The molecule has 2 rings (SSSR count). The molecular weight excluding hydrogens is 322 g/mol. The molecule has 0 aromatic heterocycles. The van der Waals surface area contributed by atoms with E-state index in [4.69, 9.17) is 4.74 Å². The van der Waals surface area contributed by atoms with Gasteiger partial charge in [0.2, 0.25) is 18.2 Å². The van der Waals surface area contributed by atoms with Gasteiger partial charge in [0.15, 0.2) is 0 Å². The van der Waals surface area contributed by atoms with Gasteiger partial charge in [0.25, 0.3) is 0 Å². The van der Waals surface area contributed by atoms with Crippen LogP contribution in [0.15, 0.2) is 24.3 Å². The lowest BCUT2D eigenvalue weighted by Gasteiger charge is -2.34. The molecule has 136 valence electrons. The molecule has 0 spiro atoms. The third kappa shape index (κ3) is 4.95. The zero-order chi connectivity index (χ0) is 18.4. The van der Waals surface area contributed by atoms with Crippen LogP contribution in [-0.2, 0) is 14.4 Å². The Balaban J connectivity index is 2.13. The van der Waals surface area contributed by atoms with E-state index >= 15 is 0 Å². The lowest BCUT2D eigenvalue weighted by Crippen LogP contribution is -2.51.